The Morgan fingerprint density at radius 1 is 1.16 bits per heavy atom. The molecule has 1 aliphatic rings. The van der Waals surface area contributed by atoms with Crippen LogP contribution in [-0.2, 0) is 25.1 Å². The van der Waals surface area contributed by atoms with E-state index in [0.717, 1.165) is 32.7 Å². The van der Waals surface area contributed by atoms with Gasteiger partial charge in [-0.05, 0) is 120 Å². The molecule has 3 N–H and O–H groups in total. The van der Waals surface area contributed by atoms with Crippen LogP contribution in [0.15, 0.2) is 52.9 Å². The third kappa shape index (κ3) is 7.65. The maximum Gasteiger partial charge on any atom is 0.469 e. The van der Waals surface area contributed by atoms with Gasteiger partial charge >= 0.3 is 7.82 Å². The average Bonchev–Trinajstić information content (AvgIpc) is 3.10. The first kappa shape index (κ1) is 30.3. The number of rotatable bonds is 12. The van der Waals surface area contributed by atoms with Gasteiger partial charge in [0, 0.05) is 5.54 Å². The third-order valence-corrected chi connectivity index (χ3v) is 8.59. The van der Waals surface area contributed by atoms with Gasteiger partial charge in [0.05, 0.1) is 13.0 Å². The van der Waals surface area contributed by atoms with Gasteiger partial charge in [-0.3, -0.25) is 9.32 Å². The van der Waals surface area contributed by atoms with E-state index < -0.39 is 24.5 Å². The maximum absolute atomic E-state index is 14.3. The average molecular weight is 564 g/mol. The molecule has 7 nitrogen and oxygen atoms in total. The zero-order valence-electron chi connectivity index (χ0n) is 22.1. The van der Waals surface area contributed by atoms with Crippen molar-refractivity contribution in [3.63, 3.8) is 0 Å². The number of halogens is 1. The second-order valence-corrected chi connectivity index (χ2v) is 12.1. The number of carbonyl (C=O) groups excluding carboxylic acids is 1. The van der Waals surface area contributed by atoms with Crippen LogP contribution < -0.4 is 5.32 Å². The second-order valence-electron chi connectivity index (χ2n) is 9.51. The van der Waals surface area contributed by atoms with Crippen molar-refractivity contribution >= 4 is 42.1 Å². The van der Waals surface area contributed by atoms with Crippen LogP contribution >= 0.6 is 7.82 Å². The van der Waals surface area contributed by atoms with Gasteiger partial charge in [0.2, 0.25) is 5.91 Å². The number of benzene rings is 2. The number of carbonyl (C=O) groups is 1. The number of allylic oxidation sites excluding steroid dienone is 2. The number of phosphoric acid groups is 1. The van der Waals surface area contributed by atoms with Crippen LogP contribution in [0.4, 0.5) is 4.39 Å². The quantitative estimate of drug-likeness (QED) is 0.169. The smallest absolute Gasteiger partial charge is 0.469 e. The number of phosphoric ester groups is 1. The van der Waals surface area contributed by atoms with Crippen molar-refractivity contribution < 1.29 is 32.6 Å². The Labute approximate surface area is 226 Å². The largest absolute Gasteiger partial charge is 0.612 e. The standard InChI is InChI=1S/C28H35FNO6PS/c1-5-28(6-2,14-7-15-36-37(32,33)34)30-27(31)18-25-19(3)24(23-13-10-21(29)17-26(23)25)16-20-8-11-22(12-9-20)38(4)35/h8-13,16-17H,5-7,14-15,18H2,1-4H3,(H,30,31)(H2,32,33,34)/b24-16-. The predicted molar refractivity (Wildman–Crippen MR) is 149 cm³/mol. The van der Waals surface area contributed by atoms with Gasteiger partial charge in [-0.25, -0.2) is 8.96 Å². The van der Waals surface area contributed by atoms with Gasteiger partial charge in [-0.15, -0.1) is 0 Å². The normalized spacial score (nSPS) is 15.6. The lowest BCUT2D eigenvalue weighted by Crippen LogP contribution is -2.47. The molecule has 2 aromatic rings. The summed E-state index contributed by atoms with van der Waals surface area (Å²) in [5, 5.41) is 3.14. The molecule has 0 heterocycles. The highest BCUT2D eigenvalue weighted by molar-refractivity contribution is 7.90. The first-order valence-corrected chi connectivity index (χ1v) is 15.6. The van der Waals surface area contributed by atoms with E-state index in [-0.39, 0.29) is 24.8 Å². The van der Waals surface area contributed by atoms with E-state index in [1.54, 1.807) is 12.3 Å². The molecule has 38 heavy (non-hydrogen) atoms. The summed E-state index contributed by atoms with van der Waals surface area (Å²) in [7, 11) is -4.54. The van der Waals surface area contributed by atoms with E-state index in [4.69, 9.17) is 9.79 Å². The Balaban J connectivity index is 1.84. The van der Waals surface area contributed by atoms with Crippen LogP contribution in [-0.4, -0.2) is 38.6 Å². The minimum atomic E-state index is -4.54. The number of hydrogen-bond acceptors (Lipinski definition) is 4. The van der Waals surface area contributed by atoms with E-state index in [9.17, 15) is 18.3 Å². The highest BCUT2D eigenvalue weighted by Crippen LogP contribution is 2.44. The lowest BCUT2D eigenvalue weighted by Gasteiger charge is -2.33. The molecule has 0 fully saturated rings. The van der Waals surface area contributed by atoms with E-state index in [2.05, 4.69) is 9.84 Å². The van der Waals surface area contributed by atoms with Crippen molar-refractivity contribution in [1.29, 1.82) is 0 Å². The SMILES string of the molecule is CCC(CC)(CCCOP(=O)(O)O)NC(=O)CC1=C(C)/C(=C/c2ccc([S+](C)[O-])cc2)c2ccc(F)cc21. The molecule has 0 aliphatic heterocycles. The Morgan fingerprint density at radius 2 is 1.82 bits per heavy atom. The Hall–Kier alpha value is -2.26. The molecule has 3 rings (SSSR count). The highest BCUT2D eigenvalue weighted by Gasteiger charge is 2.31. The van der Waals surface area contributed by atoms with Gasteiger partial charge in [0.1, 0.15) is 12.1 Å². The van der Waals surface area contributed by atoms with Gasteiger partial charge in [-0.1, -0.05) is 19.9 Å². The van der Waals surface area contributed by atoms with Crippen LogP contribution in [0.3, 0.4) is 0 Å². The Bertz CT molecular complexity index is 1260. The molecule has 0 bridgehead atoms. The summed E-state index contributed by atoms with van der Waals surface area (Å²) in [6.07, 6.45) is 5.83. The summed E-state index contributed by atoms with van der Waals surface area (Å²) in [4.78, 5) is 31.8. The van der Waals surface area contributed by atoms with Crippen LogP contribution in [0.1, 0.15) is 69.6 Å². The molecule has 1 unspecified atom stereocenters. The third-order valence-electron chi connectivity index (χ3n) is 7.13. The Morgan fingerprint density at radius 3 is 2.39 bits per heavy atom. The molecule has 0 saturated carbocycles. The summed E-state index contributed by atoms with van der Waals surface area (Å²) in [5.74, 6) is -0.586. The number of amides is 1. The molecular formula is C28H35FNO6PS. The summed E-state index contributed by atoms with van der Waals surface area (Å²) in [5.41, 5.74) is 4.43. The molecule has 2 aromatic carbocycles. The highest BCUT2D eigenvalue weighted by atomic mass is 32.2. The van der Waals surface area contributed by atoms with Crippen LogP contribution in [0, 0.1) is 5.82 Å². The van der Waals surface area contributed by atoms with Crippen LogP contribution in [0.5, 0.6) is 0 Å². The van der Waals surface area contributed by atoms with E-state index >= 15 is 0 Å². The molecule has 0 aromatic heterocycles. The molecular weight excluding hydrogens is 528 g/mol. The van der Waals surface area contributed by atoms with E-state index in [1.165, 1.54) is 12.1 Å². The topological polar surface area (TPSA) is 119 Å². The van der Waals surface area contributed by atoms with Gasteiger partial charge < -0.3 is 19.7 Å². The minimum Gasteiger partial charge on any atom is -0.612 e. The van der Waals surface area contributed by atoms with Gasteiger partial charge in [-0.2, -0.15) is 0 Å². The van der Waals surface area contributed by atoms with E-state index in [1.807, 2.05) is 51.1 Å². The van der Waals surface area contributed by atoms with Crippen molar-refractivity contribution in [1.82, 2.24) is 5.32 Å². The fourth-order valence-electron chi connectivity index (χ4n) is 4.84. The minimum absolute atomic E-state index is 0.0636. The van der Waals surface area contributed by atoms with Crippen molar-refractivity contribution in [2.45, 2.75) is 63.3 Å². The van der Waals surface area contributed by atoms with Gasteiger partial charge in [0.15, 0.2) is 4.90 Å². The monoisotopic (exact) mass is 563 g/mol. The first-order valence-electron chi connectivity index (χ1n) is 12.5. The molecule has 0 saturated heterocycles. The van der Waals surface area contributed by atoms with E-state index in [0.29, 0.717) is 31.2 Å². The summed E-state index contributed by atoms with van der Waals surface area (Å²) in [6, 6.07) is 12.0. The molecule has 1 aliphatic carbocycles. The summed E-state index contributed by atoms with van der Waals surface area (Å²) < 4.78 is 41.5. The molecule has 0 radical (unpaired) electrons. The molecule has 1 atom stereocenters. The first-order chi connectivity index (χ1) is 17.9. The van der Waals surface area contributed by atoms with Crippen molar-refractivity contribution in [3.8, 4) is 0 Å². The van der Waals surface area contributed by atoms with Crippen LogP contribution in [0.2, 0.25) is 0 Å². The number of fused-ring (bicyclic) bond motifs is 1. The van der Waals surface area contributed by atoms with Crippen molar-refractivity contribution in [2.24, 2.45) is 0 Å². The number of nitrogens with one attached hydrogen (secondary N) is 1. The van der Waals surface area contributed by atoms with Crippen molar-refractivity contribution in [2.75, 3.05) is 12.9 Å². The molecule has 0 spiro atoms. The van der Waals surface area contributed by atoms with Gasteiger partial charge in [0.25, 0.3) is 0 Å². The molecule has 206 valence electrons. The lowest BCUT2D eigenvalue weighted by molar-refractivity contribution is -0.122. The zero-order chi connectivity index (χ0) is 28.1. The lowest BCUT2D eigenvalue weighted by atomic mass is 9.87. The predicted octanol–water partition coefficient (Wildman–Crippen LogP) is 5.85. The Kier molecular flexibility index (Phi) is 10.1. The van der Waals surface area contributed by atoms with Crippen LogP contribution in [0.25, 0.3) is 17.2 Å². The molecule has 1 amide bonds. The maximum atomic E-state index is 14.3. The molecule has 10 heteroatoms. The summed E-state index contributed by atoms with van der Waals surface area (Å²) >= 11 is -1.07. The van der Waals surface area contributed by atoms with Crippen molar-refractivity contribution in [3.05, 3.63) is 70.5 Å². The zero-order valence-corrected chi connectivity index (χ0v) is 23.8. The fraction of sp³-hybridized carbons (Fsp3) is 0.393. The summed E-state index contributed by atoms with van der Waals surface area (Å²) in [6.45, 7) is 5.73. The number of hydrogen-bond donors (Lipinski definition) is 3. The second kappa shape index (κ2) is 12.7. The fourth-order valence-corrected chi connectivity index (χ4v) is 5.73.